The average molecular weight is 312 g/mol. The van der Waals surface area contributed by atoms with Gasteiger partial charge in [0.1, 0.15) is 18.3 Å². The Morgan fingerprint density at radius 3 is 2.27 bits per heavy atom. The summed E-state index contributed by atoms with van der Waals surface area (Å²) in [7, 11) is 0. The van der Waals surface area contributed by atoms with E-state index in [1.54, 1.807) is 30.3 Å². The van der Waals surface area contributed by atoms with Crippen LogP contribution in [0.2, 0.25) is 0 Å². The Balaban J connectivity index is 2.68. The number of hydrogen-bond donors (Lipinski definition) is 6. The highest BCUT2D eigenvalue weighted by Crippen LogP contribution is 2.17. The second-order valence-electron chi connectivity index (χ2n) is 4.85. The Labute approximate surface area is 127 Å². The molecule has 0 aliphatic carbocycles. The highest BCUT2D eigenvalue weighted by Gasteiger charge is 2.46. The van der Waals surface area contributed by atoms with Crippen molar-refractivity contribution in [2.75, 3.05) is 6.61 Å². The van der Waals surface area contributed by atoms with Crippen molar-refractivity contribution in [3.63, 3.8) is 0 Å². The van der Waals surface area contributed by atoms with E-state index in [0.717, 1.165) is 5.56 Å². The topological polar surface area (TPSA) is 138 Å². The Bertz CT molecular complexity index is 498. The Hall–Kier alpha value is -1.61. The molecule has 1 rings (SSSR count). The molecule has 0 saturated carbocycles. The van der Waals surface area contributed by atoms with Crippen LogP contribution < -0.4 is 0 Å². The number of allylic oxidation sites excluding steroid dienone is 1. The van der Waals surface area contributed by atoms with Gasteiger partial charge in [0.05, 0.1) is 6.61 Å². The minimum Gasteiger partial charge on any atom is -0.394 e. The number of aliphatic hydroxyl groups is 6. The molecule has 0 aliphatic heterocycles. The molecule has 3 unspecified atom stereocenters. The van der Waals surface area contributed by atoms with E-state index < -0.39 is 42.9 Å². The number of rotatable bonds is 8. The number of carbonyl (C=O) groups is 1. The predicted octanol–water partition coefficient (Wildman–Crippen LogP) is -1.59. The molecule has 0 saturated heterocycles. The quantitative estimate of drug-likeness (QED) is 0.318. The van der Waals surface area contributed by atoms with Crippen molar-refractivity contribution < 1.29 is 35.4 Å². The molecular formula is C15H20O7. The first-order chi connectivity index (χ1) is 10.3. The lowest BCUT2D eigenvalue weighted by Crippen LogP contribution is -2.57. The molecule has 22 heavy (non-hydrogen) atoms. The van der Waals surface area contributed by atoms with E-state index in [4.69, 9.17) is 10.2 Å². The molecule has 1 aromatic rings. The summed E-state index contributed by atoms with van der Waals surface area (Å²) in [5, 5.41) is 56.1. The molecule has 0 aromatic heterocycles. The predicted molar refractivity (Wildman–Crippen MR) is 77.4 cm³/mol. The zero-order valence-corrected chi connectivity index (χ0v) is 11.8. The smallest absolute Gasteiger partial charge is 0.253 e. The van der Waals surface area contributed by atoms with Crippen LogP contribution in [0, 0.1) is 0 Å². The van der Waals surface area contributed by atoms with Gasteiger partial charge in [-0.3, -0.25) is 4.79 Å². The molecule has 0 bridgehead atoms. The van der Waals surface area contributed by atoms with Crippen LogP contribution in [0.1, 0.15) is 12.0 Å². The summed E-state index contributed by atoms with van der Waals surface area (Å²) < 4.78 is 0. The average Bonchev–Trinajstić information content (AvgIpc) is 2.53. The third kappa shape index (κ3) is 4.70. The van der Waals surface area contributed by atoms with Crippen molar-refractivity contribution in [1.82, 2.24) is 0 Å². The van der Waals surface area contributed by atoms with Gasteiger partial charge in [-0.2, -0.15) is 0 Å². The monoisotopic (exact) mass is 312 g/mol. The van der Waals surface area contributed by atoms with Crippen molar-refractivity contribution in [1.29, 1.82) is 0 Å². The lowest BCUT2D eigenvalue weighted by Gasteiger charge is -2.30. The van der Waals surface area contributed by atoms with Crippen molar-refractivity contribution in [3.8, 4) is 0 Å². The number of hydrogen-bond acceptors (Lipinski definition) is 7. The number of benzene rings is 1. The van der Waals surface area contributed by atoms with Crippen molar-refractivity contribution in [3.05, 3.63) is 42.0 Å². The van der Waals surface area contributed by atoms with Gasteiger partial charge in [-0.25, -0.2) is 0 Å². The van der Waals surface area contributed by atoms with Crippen molar-refractivity contribution >= 4 is 11.9 Å². The molecule has 1 aromatic carbocycles. The van der Waals surface area contributed by atoms with Gasteiger partial charge in [0, 0.05) is 6.42 Å². The number of Topliss-reactive ketones (excluding diaryl/α,β-unsaturated/α-hetero) is 1. The van der Waals surface area contributed by atoms with Gasteiger partial charge in [-0.1, -0.05) is 42.5 Å². The molecule has 7 heteroatoms. The number of carbonyl (C=O) groups excluding carboxylic acids is 1. The van der Waals surface area contributed by atoms with Gasteiger partial charge in [-0.05, 0) is 5.56 Å². The molecule has 0 radical (unpaired) electrons. The van der Waals surface area contributed by atoms with Gasteiger partial charge in [0.25, 0.3) is 5.79 Å². The van der Waals surface area contributed by atoms with Crippen LogP contribution in [-0.4, -0.2) is 67.1 Å². The largest absolute Gasteiger partial charge is 0.394 e. The molecular weight excluding hydrogens is 292 g/mol. The molecule has 0 heterocycles. The van der Waals surface area contributed by atoms with Crippen LogP contribution in [0.25, 0.3) is 6.08 Å². The van der Waals surface area contributed by atoms with Crippen LogP contribution in [-0.2, 0) is 4.79 Å². The first-order valence-corrected chi connectivity index (χ1v) is 6.65. The van der Waals surface area contributed by atoms with Gasteiger partial charge < -0.3 is 30.6 Å². The normalized spacial score (nSPS) is 16.5. The maximum atomic E-state index is 11.7. The van der Waals surface area contributed by atoms with E-state index in [1.165, 1.54) is 6.08 Å². The number of ketones is 1. The first-order valence-electron chi connectivity index (χ1n) is 6.65. The standard InChI is InChI=1S/C15H20O7/c16-9-11(17)13(19)14(20)15(21,22)12(18)8-4-7-10-5-2-1-3-6-10/h1-7,11,13-14,16-17,19-22H,8-9H2. The van der Waals surface area contributed by atoms with E-state index in [0.29, 0.717) is 0 Å². The van der Waals surface area contributed by atoms with Crippen molar-refractivity contribution in [2.24, 2.45) is 0 Å². The second kappa shape index (κ2) is 8.14. The molecule has 3 atom stereocenters. The third-order valence-corrected chi connectivity index (χ3v) is 3.14. The molecule has 122 valence electrons. The van der Waals surface area contributed by atoms with Crippen LogP contribution in [0.15, 0.2) is 36.4 Å². The van der Waals surface area contributed by atoms with Crippen LogP contribution in [0.5, 0.6) is 0 Å². The van der Waals surface area contributed by atoms with Crippen LogP contribution >= 0.6 is 0 Å². The number of aliphatic hydroxyl groups excluding tert-OH is 4. The summed E-state index contributed by atoms with van der Waals surface area (Å²) in [5.74, 6) is -4.40. The molecule has 7 nitrogen and oxygen atoms in total. The third-order valence-electron chi connectivity index (χ3n) is 3.14. The second-order valence-corrected chi connectivity index (χ2v) is 4.85. The summed E-state index contributed by atoms with van der Waals surface area (Å²) in [4.78, 5) is 11.7. The van der Waals surface area contributed by atoms with Crippen LogP contribution in [0.3, 0.4) is 0 Å². The highest BCUT2D eigenvalue weighted by atomic mass is 16.5. The maximum Gasteiger partial charge on any atom is 0.253 e. The summed E-state index contributed by atoms with van der Waals surface area (Å²) >= 11 is 0. The van der Waals surface area contributed by atoms with Crippen LogP contribution in [0.4, 0.5) is 0 Å². The summed E-state index contributed by atoms with van der Waals surface area (Å²) in [5.41, 5.74) is 0.799. The minimum absolute atomic E-state index is 0.402. The fourth-order valence-corrected chi connectivity index (χ4v) is 1.74. The van der Waals surface area contributed by atoms with E-state index in [-0.39, 0.29) is 0 Å². The van der Waals surface area contributed by atoms with E-state index >= 15 is 0 Å². The fraction of sp³-hybridized carbons (Fsp3) is 0.400. The highest BCUT2D eigenvalue weighted by molar-refractivity contribution is 5.87. The van der Waals surface area contributed by atoms with E-state index in [2.05, 4.69) is 0 Å². The fourth-order valence-electron chi connectivity index (χ4n) is 1.74. The molecule has 6 N–H and O–H groups in total. The van der Waals surface area contributed by atoms with Gasteiger partial charge in [0.15, 0.2) is 5.78 Å². The van der Waals surface area contributed by atoms with Gasteiger partial charge >= 0.3 is 0 Å². The lowest BCUT2D eigenvalue weighted by molar-refractivity contribution is -0.245. The Kier molecular flexibility index (Phi) is 6.82. The zero-order valence-electron chi connectivity index (χ0n) is 11.8. The summed E-state index contributed by atoms with van der Waals surface area (Å²) in [6, 6.07) is 8.96. The van der Waals surface area contributed by atoms with E-state index in [1.807, 2.05) is 6.07 Å². The first kappa shape index (κ1) is 18.4. The SMILES string of the molecule is O=C(CC=Cc1ccccc1)C(O)(O)C(O)C(O)C(O)CO. The van der Waals surface area contributed by atoms with Gasteiger partial charge in [0.2, 0.25) is 0 Å². The summed E-state index contributed by atoms with van der Waals surface area (Å²) in [6.07, 6.45) is -3.68. The maximum absolute atomic E-state index is 11.7. The summed E-state index contributed by atoms with van der Waals surface area (Å²) in [6.45, 7) is -0.906. The van der Waals surface area contributed by atoms with Crippen molar-refractivity contribution in [2.45, 2.75) is 30.5 Å². The molecule has 0 aliphatic rings. The molecule has 0 spiro atoms. The van der Waals surface area contributed by atoms with Gasteiger partial charge in [-0.15, -0.1) is 0 Å². The lowest BCUT2D eigenvalue weighted by atomic mass is 9.95. The Morgan fingerprint density at radius 1 is 1.14 bits per heavy atom. The van der Waals surface area contributed by atoms with E-state index in [9.17, 15) is 25.2 Å². The Morgan fingerprint density at radius 2 is 1.73 bits per heavy atom. The zero-order chi connectivity index (χ0) is 16.8. The minimum atomic E-state index is -3.24. The molecule has 0 amide bonds. The molecule has 0 fully saturated rings.